The molecular weight excluding hydrogens is 331 g/mol. The molecule has 132 valence electrons. The fourth-order valence-electron chi connectivity index (χ4n) is 2.15. The van der Waals surface area contributed by atoms with E-state index in [9.17, 15) is 22.8 Å². The third kappa shape index (κ3) is 4.38. The monoisotopic (exact) mass is 347 g/mol. The third-order valence-corrected chi connectivity index (χ3v) is 3.55. The summed E-state index contributed by atoms with van der Waals surface area (Å²) in [6.45, 7) is 0.310. The zero-order valence-electron chi connectivity index (χ0n) is 12.7. The summed E-state index contributed by atoms with van der Waals surface area (Å²) in [4.78, 5) is 22.8. The average Bonchev–Trinajstić information content (AvgIpc) is 3.28. The zero-order valence-corrected chi connectivity index (χ0v) is 12.7. The number of hydrogen-bond donors (Lipinski definition) is 2. The van der Waals surface area contributed by atoms with Gasteiger partial charge in [-0.25, -0.2) is 0 Å². The van der Waals surface area contributed by atoms with Crippen molar-refractivity contribution in [3.05, 3.63) is 23.8 Å². The van der Waals surface area contributed by atoms with Crippen molar-refractivity contribution in [1.29, 1.82) is 0 Å². The van der Waals surface area contributed by atoms with Crippen molar-refractivity contribution in [1.82, 2.24) is 0 Å². The Balaban J connectivity index is 2.17. The van der Waals surface area contributed by atoms with Crippen LogP contribution >= 0.6 is 0 Å². The molecule has 1 aromatic carbocycles. The SMILES string of the molecule is COCCOc1ccc(C(F)(F)F)cc1NC(=O)C1CC1C(=O)O. The van der Waals surface area contributed by atoms with E-state index in [1.54, 1.807) is 0 Å². The molecule has 1 saturated carbocycles. The molecule has 0 aliphatic heterocycles. The topological polar surface area (TPSA) is 84.9 Å². The smallest absolute Gasteiger partial charge is 0.416 e. The lowest BCUT2D eigenvalue weighted by molar-refractivity contribution is -0.139. The van der Waals surface area contributed by atoms with E-state index < -0.39 is 35.5 Å². The number of benzene rings is 1. The maximum Gasteiger partial charge on any atom is 0.416 e. The number of anilines is 1. The number of carboxylic acid groups (broad SMARTS) is 1. The number of carbonyl (C=O) groups is 2. The van der Waals surface area contributed by atoms with Gasteiger partial charge in [0.2, 0.25) is 5.91 Å². The van der Waals surface area contributed by atoms with Gasteiger partial charge in [-0.1, -0.05) is 0 Å². The van der Waals surface area contributed by atoms with E-state index in [-0.39, 0.29) is 31.1 Å². The minimum atomic E-state index is -4.58. The van der Waals surface area contributed by atoms with Gasteiger partial charge >= 0.3 is 12.1 Å². The molecule has 1 aliphatic carbocycles. The summed E-state index contributed by atoms with van der Waals surface area (Å²) >= 11 is 0. The number of alkyl halides is 3. The van der Waals surface area contributed by atoms with Crippen molar-refractivity contribution in [2.45, 2.75) is 12.6 Å². The van der Waals surface area contributed by atoms with E-state index in [0.717, 1.165) is 18.2 Å². The van der Waals surface area contributed by atoms with Crippen LogP contribution in [0.1, 0.15) is 12.0 Å². The molecule has 0 radical (unpaired) electrons. The number of carboxylic acids is 1. The second kappa shape index (κ2) is 7.08. The Labute approximate surface area is 135 Å². The molecule has 2 unspecified atom stereocenters. The fourth-order valence-corrected chi connectivity index (χ4v) is 2.15. The summed E-state index contributed by atoms with van der Waals surface area (Å²) in [5, 5.41) is 11.1. The Kier molecular flexibility index (Phi) is 5.33. The quantitative estimate of drug-likeness (QED) is 0.740. The summed E-state index contributed by atoms with van der Waals surface area (Å²) in [6.07, 6.45) is -4.41. The summed E-state index contributed by atoms with van der Waals surface area (Å²) in [7, 11) is 1.44. The third-order valence-electron chi connectivity index (χ3n) is 3.55. The number of ether oxygens (including phenoxy) is 2. The highest BCUT2D eigenvalue weighted by Crippen LogP contribution is 2.41. The van der Waals surface area contributed by atoms with Gasteiger partial charge in [0.1, 0.15) is 12.4 Å². The van der Waals surface area contributed by atoms with Crippen LogP contribution in [0.2, 0.25) is 0 Å². The van der Waals surface area contributed by atoms with Crippen LogP contribution < -0.4 is 10.1 Å². The normalized spacial score (nSPS) is 19.7. The molecule has 1 fully saturated rings. The van der Waals surface area contributed by atoms with Crippen LogP contribution in [0, 0.1) is 11.8 Å². The minimum Gasteiger partial charge on any atom is -0.489 e. The summed E-state index contributed by atoms with van der Waals surface area (Å²) < 4.78 is 48.6. The van der Waals surface area contributed by atoms with E-state index in [4.69, 9.17) is 14.6 Å². The zero-order chi connectivity index (χ0) is 17.9. The molecule has 0 heterocycles. The Morgan fingerprint density at radius 3 is 2.54 bits per heavy atom. The number of amides is 1. The first-order valence-corrected chi connectivity index (χ1v) is 7.10. The molecule has 6 nitrogen and oxygen atoms in total. The van der Waals surface area contributed by atoms with E-state index in [1.807, 2.05) is 0 Å². The highest BCUT2D eigenvalue weighted by Gasteiger charge is 2.48. The minimum absolute atomic E-state index is 0.0564. The van der Waals surface area contributed by atoms with Crippen LogP contribution in [0.5, 0.6) is 5.75 Å². The number of carbonyl (C=O) groups excluding carboxylic acids is 1. The van der Waals surface area contributed by atoms with Gasteiger partial charge in [0.05, 0.1) is 29.7 Å². The Morgan fingerprint density at radius 2 is 2.00 bits per heavy atom. The highest BCUT2D eigenvalue weighted by atomic mass is 19.4. The molecule has 1 aromatic rings. The maximum absolute atomic E-state index is 12.8. The number of hydrogen-bond acceptors (Lipinski definition) is 4. The lowest BCUT2D eigenvalue weighted by Gasteiger charge is -2.15. The summed E-state index contributed by atoms with van der Waals surface area (Å²) in [5.41, 5.74) is -1.09. The second-order valence-electron chi connectivity index (χ2n) is 5.33. The average molecular weight is 347 g/mol. The van der Waals surface area contributed by atoms with Crippen LogP contribution in [-0.4, -0.2) is 37.3 Å². The predicted molar refractivity (Wildman–Crippen MR) is 76.7 cm³/mol. The van der Waals surface area contributed by atoms with E-state index in [2.05, 4.69) is 5.32 Å². The van der Waals surface area contributed by atoms with Crippen molar-refractivity contribution in [3.8, 4) is 5.75 Å². The van der Waals surface area contributed by atoms with Gasteiger partial charge in [-0.15, -0.1) is 0 Å². The van der Waals surface area contributed by atoms with E-state index >= 15 is 0 Å². The van der Waals surface area contributed by atoms with Crippen molar-refractivity contribution in [2.75, 3.05) is 25.6 Å². The van der Waals surface area contributed by atoms with Crippen molar-refractivity contribution in [2.24, 2.45) is 11.8 Å². The highest BCUT2D eigenvalue weighted by molar-refractivity contribution is 5.99. The molecule has 0 bridgehead atoms. The first-order valence-electron chi connectivity index (χ1n) is 7.10. The van der Waals surface area contributed by atoms with Gasteiger partial charge < -0.3 is 19.9 Å². The van der Waals surface area contributed by atoms with Gasteiger partial charge in [0.25, 0.3) is 0 Å². The van der Waals surface area contributed by atoms with Crippen molar-refractivity contribution >= 4 is 17.6 Å². The summed E-state index contributed by atoms with van der Waals surface area (Å²) in [5.74, 6) is -3.23. The standard InChI is InChI=1S/C15H16F3NO5/c1-23-4-5-24-12-3-2-8(15(16,17)18)6-11(12)19-13(20)9-7-10(9)14(21)22/h2-3,6,9-10H,4-5,7H2,1H3,(H,19,20)(H,21,22). The maximum atomic E-state index is 12.8. The lowest BCUT2D eigenvalue weighted by Crippen LogP contribution is -2.18. The van der Waals surface area contributed by atoms with Crippen LogP contribution in [0.15, 0.2) is 18.2 Å². The lowest BCUT2D eigenvalue weighted by atomic mass is 10.1. The van der Waals surface area contributed by atoms with Crippen LogP contribution in [0.4, 0.5) is 18.9 Å². The molecule has 1 amide bonds. The largest absolute Gasteiger partial charge is 0.489 e. The number of methoxy groups -OCH3 is 1. The number of halogens is 3. The van der Waals surface area contributed by atoms with Crippen LogP contribution in [0.25, 0.3) is 0 Å². The molecule has 2 atom stereocenters. The molecule has 1 aliphatic rings. The number of aliphatic carboxylic acids is 1. The Hall–Kier alpha value is -2.29. The van der Waals surface area contributed by atoms with Crippen molar-refractivity contribution in [3.63, 3.8) is 0 Å². The van der Waals surface area contributed by atoms with Gasteiger partial charge in [-0.3, -0.25) is 9.59 Å². The van der Waals surface area contributed by atoms with Crippen LogP contribution in [-0.2, 0) is 20.5 Å². The molecule has 0 aromatic heterocycles. The molecule has 0 saturated heterocycles. The second-order valence-corrected chi connectivity index (χ2v) is 5.33. The van der Waals surface area contributed by atoms with Gasteiger partial charge in [-0.05, 0) is 24.6 Å². The van der Waals surface area contributed by atoms with E-state index in [1.165, 1.54) is 7.11 Å². The van der Waals surface area contributed by atoms with Crippen molar-refractivity contribution < 1.29 is 37.3 Å². The predicted octanol–water partition coefficient (Wildman–Crippen LogP) is 2.39. The fraction of sp³-hybridized carbons (Fsp3) is 0.467. The first kappa shape index (κ1) is 18.1. The van der Waals surface area contributed by atoms with Gasteiger partial charge in [0, 0.05) is 7.11 Å². The Bertz CT molecular complexity index is 632. The number of nitrogens with one attached hydrogen (secondary N) is 1. The van der Waals surface area contributed by atoms with Gasteiger partial charge in [-0.2, -0.15) is 13.2 Å². The first-order chi connectivity index (χ1) is 11.2. The molecule has 9 heteroatoms. The van der Waals surface area contributed by atoms with Gasteiger partial charge in [0.15, 0.2) is 0 Å². The molecular formula is C15H16F3NO5. The molecule has 0 spiro atoms. The summed E-state index contributed by atoms with van der Waals surface area (Å²) in [6, 6.07) is 2.71. The molecule has 2 N–H and O–H groups in total. The Morgan fingerprint density at radius 1 is 1.29 bits per heavy atom. The molecule has 2 rings (SSSR count). The molecule has 24 heavy (non-hydrogen) atoms. The van der Waals surface area contributed by atoms with E-state index in [0.29, 0.717) is 0 Å². The number of rotatable bonds is 7. The van der Waals surface area contributed by atoms with Crippen LogP contribution in [0.3, 0.4) is 0 Å².